The lowest BCUT2D eigenvalue weighted by Crippen LogP contribution is -2.34. The Morgan fingerprint density at radius 2 is 1.72 bits per heavy atom. The number of halogens is 2. The summed E-state index contributed by atoms with van der Waals surface area (Å²) in [7, 11) is 0. The van der Waals surface area contributed by atoms with Crippen LogP contribution in [0.3, 0.4) is 0 Å². The number of hydrogen-bond acceptors (Lipinski definition) is 2. The molecule has 0 radical (unpaired) electrons. The molecule has 1 aromatic rings. The van der Waals surface area contributed by atoms with Gasteiger partial charge < -0.3 is 10.1 Å². The summed E-state index contributed by atoms with van der Waals surface area (Å²) < 4.78 is 31.1. The lowest BCUT2D eigenvalue weighted by Gasteiger charge is -2.22. The van der Waals surface area contributed by atoms with Crippen LogP contribution in [-0.4, -0.2) is 11.7 Å². The minimum atomic E-state index is -0.678. The predicted molar refractivity (Wildman–Crippen MR) is 64.1 cm³/mol. The zero-order chi connectivity index (χ0) is 13.9. The molecule has 1 atom stereocenters. The van der Waals surface area contributed by atoms with Gasteiger partial charge in [-0.05, 0) is 45.4 Å². The first kappa shape index (κ1) is 14.4. The lowest BCUT2D eigenvalue weighted by atomic mass is 10.1. The molecule has 0 aliphatic heterocycles. The standard InChI is InChI=1S/C13H17F2NO2/c1-8(16-12(17)18-13(2,3)4)9-5-10(14)7-11(15)6-9/h5-8H,1-4H3,(H,16,17)/t8-/m0/s1. The number of benzene rings is 1. The second kappa shape index (κ2) is 5.33. The van der Waals surface area contributed by atoms with E-state index in [1.54, 1.807) is 27.7 Å². The topological polar surface area (TPSA) is 38.3 Å². The van der Waals surface area contributed by atoms with Gasteiger partial charge in [0.05, 0.1) is 6.04 Å². The third-order valence-corrected chi connectivity index (χ3v) is 2.12. The normalized spacial score (nSPS) is 13.0. The Morgan fingerprint density at radius 1 is 1.22 bits per heavy atom. The molecule has 18 heavy (non-hydrogen) atoms. The third kappa shape index (κ3) is 4.69. The second-order valence-corrected chi connectivity index (χ2v) is 5.07. The highest BCUT2D eigenvalue weighted by Crippen LogP contribution is 2.16. The van der Waals surface area contributed by atoms with Gasteiger partial charge in [0.25, 0.3) is 0 Å². The van der Waals surface area contributed by atoms with E-state index in [4.69, 9.17) is 4.74 Å². The van der Waals surface area contributed by atoms with Crippen LogP contribution in [0.25, 0.3) is 0 Å². The van der Waals surface area contributed by atoms with Crippen molar-refractivity contribution in [2.75, 3.05) is 0 Å². The van der Waals surface area contributed by atoms with Crippen LogP contribution in [0.4, 0.5) is 13.6 Å². The second-order valence-electron chi connectivity index (χ2n) is 5.07. The molecule has 1 amide bonds. The number of carbonyl (C=O) groups is 1. The van der Waals surface area contributed by atoms with E-state index in [0.29, 0.717) is 5.56 Å². The van der Waals surface area contributed by atoms with Crippen molar-refractivity contribution >= 4 is 6.09 Å². The number of amides is 1. The first-order valence-corrected chi connectivity index (χ1v) is 5.63. The summed E-state index contributed by atoms with van der Waals surface area (Å²) in [6.07, 6.45) is -0.625. The van der Waals surface area contributed by atoms with Crippen LogP contribution in [0.2, 0.25) is 0 Å². The van der Waals surface area contributed by atoms with Crippen molar-refractivity contribution in [3.63, 3.8) is 0 Å². The van der Waals surface area contributed by atoms with Crippen LogP contribution < -0.4 is 5.32 Å². The molecule has 100 valence electrons. The van der Waals surface area contributed by atoms with Crippen molar-refractivity contribution < 1.29 is 18.3 Å². The van der Waals surface area contributed by atoms with Gasteiger partial charge in [-0.2, -0.15) is 0 Å². The molecular formula is C13H17F2NO2. The molecule has 0 aliphatic rings. The molecule has 0 unspecified atom stereocenters. The Morgan fingerprint density at radius 3 is 2.17 bits per heavy atom. The summed E-state index contributed by atoms with van der Waals surface area (Å²) in [5.41, 5.74) is -0.268. The molecule has 0 aliphatic carbocycles. The average molecular weight is 257 g/mol. The maximum Gasteiger partial charge on any atom is 0.408 e. The number of ether oxygens (including phenoxy) is 1. The molecule has 5 heteroatoms. The van der Waals surface area contributed by atoms with E-state index in [9.17, 15) is 13.6 Å². The van der Waals surface area contributed by atoms with E-state index in [2.05, 4.69) is 5.32 Å². The molecule has 0 saturated carbocycles. The maximum absolute atomic E-state index is 13.0. The van der Waals surface area contributed by atoms with Crippen LogP contribution >= 0.6 is 0 Å². The quantitative estimate of drug-likeness (QED) is 0.879. The first-order chi connectivity index (χ1) is 8.17. The number of hydrogen-bond donors (Lipinski definition) is 1. The highest BCUT2D eigenvalue weighted by atomic mass is 19.1. The number of alkyl carbamates (subject to hydrolysis) is 1. The Hall–Kier alpha value is -1.65. The highest BCUT2D eigenvalue weighted by molar-refractivity contribution is 5.68. The van der Waals surface area contributed by atoms with E-state index in [0.717, 1.165) is 6.07 Å². The summed E-state index contributed by atoms with van der Waals surface area (Å²) in [6.45, 7) is 6.83. The molecule has 0 aromatic heterocycles. The van der Waals surface area contributed by atoms with Gasteiger partial charge in [0.15, 0.2) is 0 Å². The van der Waals surface area contributed by atoms with E-state index in [1.807, 2.05) is 0 Å². The van der Waals surface area contributed by atoms with Crippen molar-refractivity contribution in [2.24, 2.45) is 0 Å². The summed E-state index contributed by atoms with van der Waals surface area (Å²) >= 11 is 0. The molecule has 0 heterocycles. The van der Waals surface area contributed by atoms with E-state index >= 15 is 0 Å². The molecule has 0 fully saturated rings. The highest BCUT2D eigenvalue weighted by Gasteiger charge is 2.18. The van der Waals surface area contributed by atoms with Gasteiger partial charge in [-0.1, -0.05) is 0 Å². The Kier molecular flexibility index (Phi) is 4.27. The predicted octanol–water partition coefficient (Wildman–Crippen LogP) is 3.55. The fourth-order valence-electron chi connectivity index (χ4n) is 1.39. The van der Waals surface area contributed by atoms with E-state index < -0.39 is 29.4 Å². The molecule has 0 bridgehead atoms. The maximum atomic E-state index is 13.0. The van der Waals surface area contributed by atoms with Gasteiger partial charge in [0.1, 0.15) is 17.2 Å². The van der Waals surface area contributed by atoms with E-state index in [1.165, 1.54) is 12.1 Å². The van der Waals surface area contributed by atoms with Crippen molar-refractivity contribution in [3.8, 4) is 0 Å². The summed E-state index contributed by atoms with van der Waals surface area (Å²) in [6, 6.07) is 2.59. The molecule has 1 aromatic carbocycles. The number of nitrogens with one attached hydrogen (secondary N) is 1. The zero-order valence-corrected chi connectivity index (χ0v) is 10.9. The molecule has 1 rings (SSSR count). The van der Waals surface area contributed by atoms with Crippen LogP contribution in [0, 0.1) is 11.6 Å². The smallest absolute Gasteiger partial charge is 0.408 e. The van der Waals surface area contributed by atoms with Crippen molar-refractivity contribution in [2.45, 2.75) is 39.3 Å². The Bertz CT molecular complexity index is 421. The van der Waals surface area contributed by atoms with Crippen LogP contribution in [0.15, 0.2) is 18.2 Å². The molecule has 0 spiro atoms. The monoisotopic (exact) mass is 257 g/mol. The molecular weight excluding hydrogens is 240 g/mol. The summed E-state index contributed by atoms with van der Waals surface area (Å²) in [5, 5.41) is 2.51. The van der Waals surface area contributed by atoms with Crippen LogP contribution in [0.5, 0.6) is 0 Å². The SMILES string of the molecule is C[C@H](NC(=O)OC(C)(C)C)c1cc(F)cc(F)c1. The van der Waals surface area contributed by atoms with Crippen molar-refractivity contribution in [1.82, 2.24) is 5.32 Å². The molecule has 3 nitrogen and oxygen atoms in total. The van der Waals surface area contributed by atoms with Gasteiger partial charge in [0.2, 0.25) is 0 Å². The third-order valence-electron chi connectivity index (χ3n) is 2.12. The first-order valence-electron chi connectivity index (χ1n) is 5.63. The summed E-state index contributed by atoms with van der Waals surface area (Å²) in [5.74, 6) is -1.36. The number of rotatable bonds is 2. The van der Waals surface area contributed by atoms with Gasteiger partial charge in [-0.15, -0.1) is 0 Å². The van der Waals surface area contributed by atoms with Gasteiger partial charge in [0, 0.05) is 6.07 Å². The molecule has 0 saturated heterocycles. The largest absolute Gasteiger partial charge is 0.444 e. The Labute approximate surface area is 105 Å². The number of carbonyl (C=O) groups excluding carboxylic acids is 1. The minimum absolute atomic E-state index is 0.346. The average Bonchev–Trinajstić information content (AvgIpc) is 2.12. The van der Waals surface area contributed by atoms with Crippen LogP contribution in [-0.2, 0) is 4.74 Å². The fraction of sp³-hybridized carbons (Fsp3) is 0.462. The van der Waals surface area contributed by atoms with Crippen LogP contribution in [0.1, 0.15) is 39.3 Å². The van der Waals surface area contributed by atoms with Crippen molar-refractivity contribution in [1.29, 1.82) is 0 Å². The van der Waals surface area contributed by atoms with Crippen molar-refractivity contribution in [3.05, 3.63) is 35.4 Å². The van der Waals surface area contributed by atoms with Gasteiger partial charge >= 0.3 is 6.09 Å². The summed E-state index contributed by atoms with van der Waals surface area (Å²) in [4.78, 5) is 11.5. The van der Waals surface area contributed by atoms with E-state index in [-0.39, 0.29) is 0 Å². The van der Waals surface area contributed by atoms with Gasteiger partial charge in [-0.3, -0.25) is 0 Å². The lowest BCUT2D eigenvalue weighted by molar-refractivity contribution is 0.0507. The molecule has 1 N–H and O–H groups in total. The minimum Gasteiger partial charge on any atom is -0.444 e. The fourth-order valence-corrected chi connectivity index (χ4v) is 1.39. The Balaban J connectivity index is 2.70. The van der Waals surface area contributed by atoms with Gasteiger partial charge in [-0.25, -0.2) is 13.6 Å². The zero-order valence-electron chi connectivity index (χ0n) is 10.9.